The average Bonchev–Trinajstić information content (AvgIpc) is 3.50. The number of nitrogens with zero attached hydrogens (tertiary/aromatic N) is 2. The minimum absolute atomic E-state index is 0.0536. The van der Waals surface area contributed by atoms with E-state index in [1.165, 1.54) is 5.56 Å². The van der Waals surface area contributed by atoms with Crippen molar-refractivity contribution in [2.24, 2.45) is 11.8 Å². The van der Waals surface area contributed by atoms with Crippen LogP contribution < -0.4 is 5.32 Å². The number of carbonyl (C=O) groups excluding carboxylic acids is 2. The summed E-state index contributed by atoms with van der Waals surface area (Å²) < 4.78 is 5.86. The molecular weight excluding hydrogens is 554 g/mol. The summed E-state index contributed by atoms with van der Waals surface area (Å²) in [7, 11) is 1.88. The van der Waals surface area contributed by atoms with Crippen LogP contribution in [0.4, 0.5) is 10.5 Å². The first-order chi connectivity index (χ1) is 19.0. The Kier molecular flexibility index (Phi) is 8.99. The van der Waals surface area contributed by atoms with Crippen LogP contribution in [-0.4, -0.2) is 66.5 Å². The number of anilines is 1. The van der Waals surface area contributed by atoms with E-state index >= 15 is 0 Å². The highest BCUT2D eigenvalue weighted by molar-refractivity contribution is 9.09. The van der Waals surface area contributed by atoms with Crippen LogP contribution in [0.5, 0.6) is 0 Å². The summed E-state index contributed by atoms with van der Waals surface area (Å²) in [5, 5.41) is 3.85. The molecule has 0 spiro atoms. The number of aryl methyl sites for hydroxylation is 1. The van der Waals surface area contributed by atoms with Gasteiger partial charge in [-0.3, -0.25) is 10.1 Å². The van der Waals surface area contributed by atoms with Gasteiger partial charge in [0.05, 0.1) is 5.69 Å². The van der Waals surface area contributed by atoms with Gasteiger partial charge in [0.15, 0.2) is 0 Å². The van der Waals surface area contributed by atoms with Gasteiger partial charge in [-0.05, 0) is 60.4 Å². The second kappa shape index (κ2) is 12.8. The Morgan fingerprint density at radius 1 is 0.974 bits per heavy atom. The van der Waals surface area contributed by atoms with Crippen LogP contribution >= 0.6 is 15.9 Å². The van der Waals surface area contributed by atoms with E-state index in [4.69, 9.17) is 4.74 Å². The molecule has 2 aliphatic rings. The Balaban J connectivity index is 1.07. The topological polar surface area (TPSA) is 61.9 Å². The van der Waals surface area contributed by atoms with E-state index in [0.717, 1.165) is 66.6 Å². The third kappa shape index (κ3) is 6.89. The number of rotatable bonds is 9. The molecule has 1 unspecified atom stereocenters. The van der Waals surface area contributed by atoms with Gasteiger partial charge in [0.1, 0.15) is 6.10 Å². The summed E-state index contributed by atoms with van der Waals surface area (Å²) in [5.41, 5.74) is 4.71. The van der Waals surface area contributed by atoms with E-state index in [1.54, 1.807) is 0 Å². The summed E-state index contributed by atoms with van der Waals surface area (Å²) in [6.07, 6.45) is 2.26. The van der Waals surface area contributed by atoms with Crippen molar-refractivity contribution in [2.45, 2.75) is 25.4 Å². The predicted octanol–water partition coefficient (Wildman–Crippen LogP) is 6.32. The second-order valence-corrected chi connectivity index (χ2v) is 11.5. The fourth-order valence-corrected chi connectivity index (χ4v) is 6.41. The number of nitrogens with one attached hydrogen (secondary N) is 1. The fraction of sp³-hybridized carbons (Fsp3) is 0.375. The smallest absolute Gasteiger partial charge is 0.411 e. The maximum Gasteiger partial charge on any atom is 0.411 e. The molecule has 0 radical (unpaired) electrons. The third-order valence-corrected chi connectivity index (χ3v) is 8.36. The van der Waals surface area contributed by atoms with Gasteiger partial charge in [-0.1, -0.05) is 76.6 Å². The summed E-state index contributed by atoms with van der Waals surface area (Å²) in [6, 6.07) is 25.8. The van der Waals surface area contributed by atoms with Crippen LogP contribution in [0.25, 0.3) is 11.1 Å². The van der Waals surface area contributed by atoms with Gasteiger partial charge < -0.3 is 14.5 Å². The Hall–Kier alpha value is -3.16. The molecule has 1 saturated carbocycles. The highest BCUT2D eigenvalue weighted by atomic mass is 79.9. The van der Waals surface area contributed by atoms with E-state index in [0.29, 0.717) is 18.4 Å². The van der Waals surface area contributed by atoms with E-state index in [2.05, 4.69) is 32.2 Å². The van der Waals surface area contributed by atoms with Crippen molar-refractivity contribution in [3.8, 4) is 11.1 Å². The van der Waals surface area contributed by atoms with Gasteiger partial charge in [0, 0.05) is 49.7 Å². The van der Waals surface area contributed by atoms with Gasteiger partial charge in [0.2, 0.25) is 0 Å². The molecule has 1 aliphatic carbocycles. The molecule has 0 bridgehead atoms. The lowest BCUT2D eigenvalue weighted by atomic mass is 10.0. The summed E-state index contributed by atoms with van der Waals surface area (Å²) in [6.45, 7) is 3.54. The monoisotopic (exact) mass is 589 g/mol. The maximum atomic E-state index is 12.9. The molecule has 3 aromatic rings. The first-order valence-corrected chi connectivity index (χ1v) is 14.9. The summed E-state index contributed by atoms with van der Waals surface area (Å²) in [4.78, 5) is 30.0. The Bertz CT molecular complexity index is 1270. The second-order valence-electron chi connectivity index (χ2n) is 10.7. The van der Waals surface area contributed by atoms with Crippen LogP contribution in [0.1, 0.15) is 28.8 Å². The largest absolute Gasteiger partial charge is 0.446 e. The molecule has 7 heteroatoms. The number of hydrogen-bond donors (Lipinski definition) is 1. The number of benzene rings is 3. The Morgan fingerprint density at radius 2 is 1.69 bits per heavy atom. The Morgan fingerprint density at radius 3 is 2.44 bits per heavy atom. The lowest BCUT2D eigenvalue weighted by molar-refractivity contribution is 0.0778. The molecule has 39 heavy (non-hydrogen) atoms. The van der Waals surface area contributed by atoms with Gasteiger partial charge in [-0.25, -0.2) is 4.79 Å². The van der Waals surface area contributed by atoms with Crippen molar-refractivity contribution >= 4 is 33.6 Å². The molecule has 1 aliphatic heterocycles. The van der Waals surface area contributed by atoms with Crippen LogP contribution in [0.15, 0.2) is 78.9 Å². The SMILES string of the molecule is CN(CCN1C[C@H]2CC(OC(=O)Nc3ccccc3-c3ccccc3)C[C@H]2C1)C(=O)c1cccc(CCBr)c1. The highest BCUT2D eigenvalue weighted by Crippen LogP contribution is 2.39. The van der Waals surface area contributed by atoms with Crippen molar-refractivity contribution in [3.63, 3.8) is 0 Å². The van der Waals surface area contributed by atoms with Crippen molar-refractivity contribution in [1.82, 2.24) is 9.80 Å². The number of ether oxygens (including phenoxy) is 1. The molecule has 5 rings (SSSR count). The van der Waals surface area contributed by atoms with E-state index in [9.17, 15) is 9.59 Å². The first kappa shape index (κ1) is 27.4. The number of carbonyl (C=O) groups is 2. The highest BCUT2D eigenvalue weighted by Gasteiger charge is 2.42. The normalized spacial score (nSPS) is 20.4. The number of amides is 2. The average molecular weight is 591 g/mol. The molecule has 3 atom stereocenters. The zero-order chi connectivity index (χ0) is 27.2. The molecule has 3 aromatic carbocycles. The van der Waals surface area contributed by atoms with Crippen LogP contribution in [-0.2, 0) is 11.2 Å². The van der Waals surface area contributed by atoms with E-state index < -0.39 is 0 Å². The Labute approximate surface area is 239 Å². The van der Waals surface area contributed by atoms with Gasteiger partial charge in [-0.15, -0.1) is 0 Å². The minimum Gasteiger partial charge on any atom is -0.446 e. The van der Waals surface area contributed by atoms with Crippen molar-refractivity contribution in [2.75, 3.05) is 43.9 Å². The lowest BCUT2D eigenvalue weighted by Gasteiger charge is -2.23. The van der Waals surface area contributed by atoms with E-state index in [-0.39, 0.29) is 18.1 Å². The number of likely N-dealkylation sites (tertiary alicyclic amines) is 1. The van der Waals surface area contributed by atoms with Crippen molar-refractivity contribution in [3.05, 3.63) is 90.0 Å². The molecule has 6 nitrogen and oxygen atoms in total. The molecule has 1 saturated heterocycles. The number of para-hydroxylation sites is 1. The van der Waals surface area contributed by atoms with Crippen LogP contribution in [0, 0.1) is 11.8 Å². The minimum atomic E-state index is -0.388. The predicted molar refractivity (Wildman–Crippen MR) is 159 cm³/mol. The van der Waals surface area contributed by atoms with Crippen LogP contribution in [0.3, 0.4) is 0 Å². The van der Waals surface area contributed by atoms with Gasteiger partial charge in [0.25, 0.3) is 5.91 Å². The van der Waals surface area contributed by atoms with Crippen molar-refractivity contribution < 1.29 is 14.3 Å². The number of alkyl halides is 1. The van der Waals surface area contributed by atoms with Crippen LogP contribution in [0.2, 0.25) is 0 Å². The lowest BCUT2D eigenvalue weighted by Crippen LogP contribution is -2.36. The maximum absolute atomic E-state index is 12.9. The number of likely N-dealkylation sites (N-methyl/N-ethyl adjacent to an activating group) is 1. The fourth-order valence-electron chi connectivity index (χ4n) is 5.95. The number of fused-ring (bicyclic) bond motifs is 1. The first-order valence-electron chi connectivity index (χ1n) is 13.7. The number of hydrogen-bond acceptors (Lipinski definition) is 4. The quantitative estimate of drug-likeness (QED) is 0.297. The van der Waals surface area contributed by atoms with Gasteiger partial charge in [-0.2, -0.15) is 0 Å². The molecule has 1 heterocycles. The third-order valence-electron chi connectivity index (χ3n) is 7.96. The van der Waals surface area contributed by atoms with Gasteiger partial charge >= 0.3 is 6.09 Å². The molecule has 2 fully saturated rings. The summed E-state index contributed by atoms with van der Waals surface area (Å²) in [5.74, 6) is 1.13. The summed E-state index contributed by atoms with van der Waals surface area (Å²) >= 11 is 3.47. The molecular formula is C32H36BrN3O3. The zero-order valence-corrected chi connectivity index (χ0v) is 24.0. The molecule has 2 amide bonds. The number of halogens is 1. The molecule has 0 aromatic heterocycles. The zero-order valence-electron chi connectivity index (χ0n) is 22.4. The van der Waals surface area contributed by atoms with E-state index in [1.807, 2.05) is 84.7 Å². The molecule has 204 valence electrons. The molecule has 1 N–H and O–H groups in total. The van der Waals surface area contributed by atoms with Crippen molar-refractivity contribution in [1.29, 1.82) is 0 Å². The standard InChI is InChI=1S/C32H36BrN3O3/c1-35(31(37)25-11-7-8-23(18-25)14-15-33)16-17-36-21-26-19-28(20-27(26)22-36)39-32(38)34-30-13-6-5-12-29(30)24-9-3-2-4-10-24/h2-13,18,26-28H,14-17,19-22H2,1H3,(H,34,38)/t26-,27+,28?.